The van der Waals surface area contributed by atoms with Crippen LogP contribution in [0, 0.1) is 6.92 Å². The zero-order valence-corrected chi connectivity index (χ0v) is 19.1. The number of anilines is 2. The number of hydrogen-bond acceptors (Lipinski definition) is 7. The molecule has 4 aromatic rings. The fourth-order valence-corrected chi connectivity index (χ4v) is 4.10. The molecule has 0 aliphatic carbocycles. The van der Waals surface area contributed by atoms with Gasteiger partial charge in [0.1, 0.15) is 16.6 Å². The fraction of sp³-hybridized carbons (Fsp3) is 0.174. The Morgan fingerprint density at radius 3 is 2.61 bits per heavy atom. The average molecular weight is 463 g/mol. The second-order valence-electron chi connectivity index (χ2n) is 7.14. The molecule has 0 aliphatic rings. The summed E-state index contributed by atoms with van der Waals surface area (Å²) in [5, 5.41) is 11.4. The molecule has 9 nitrogen and oxygen atoms in total. The van der Waals surface area contributed by atoms with E-state index >= 15 is 0 Å². The Morgan fingerprint density at radius 1 is 1.09 bits per heavy atom. The van der Waals surface area contributed by atoms with Crippen molar-refractivity contribution in [3.05, 3.63) is 60.6 Å². The second-order valence-corrected chi connectivity index (χ2v) is 8.10. The monoisotopic (exact) mass is 462 g/mol. The summed E-state index contributed by atoms with van der Waals surface area (Å²) in [7, 11) is 1.52. The van der Waals surface area contributed by atoms with E-state index in [1.54, 1.807) is 29.1 Å². The van der Waals surface area contributed by atoms with Gasteiger partial charge in [0, 0.05) is 12.6 Å². The van der Waals surface area contributed by atoms with Crippen LogP contribution in [0.3, 0.4) is 0 Å². The maximum absolute atomic E-state index is 12.7. The molecule has 0 fully saturated rings. The van der Waals surface area contributed by atoms with Gasteiger partial charge in [0.05, 0.1) is 35.8 Å². The molecule has 0 saturated heterocycles. The molecular formula is C23H22N6O3S. The molecule has 0 atom stereocenters. The van der Waals surface area contributed by atoms with Crippen molar-refractivity contribution in [2.75, 3.05) is 23.5 Å². The van der Waals surface area contributed by atoms with Crippen molar-refractivity contribution < 1.29 is 14.3 Å². The van der Waals surface area contributed by atoms with Gasteiger partial charge in [-0.25, -0.2) is 14.6 Å². The van der Waals surface area contributed by atoms with Gasteiger partial charge >= 0.3 is 0 Å². The molecule has 168 valence electrons. The van der Waals surface area contributed by atoms with Gasteiger partial charge in [-0.1, -0.05) is 30.0 Å². The largest absolute Gasteiger partial charge is 0.495 e. The molecule has 2 N–H and O–H groups in total. The number of methoxy groups -OCH3 is 1. The number of fused-ring (bicyclic) bond motifs is 1. The topological polar surface area (TPSA) is 111 Å². The number of nitrogens with zero attached hydrogens (tertiary/aromatic N) is 4. The van der Waals surface area contributed by atoms with Crippen molar-refractivity contribution in [3.63, 3.8) is 0 Å². The highest BCUT2D eigenvalue weighted by Gasteiger charge is 2.15. The van der Waals surface area contributed by atoms with E-state index in [-0.39, 0.29) is 17.6 Å². The van der Waals surface area contributed by atoms with Crippen LogP contribution in [0.15, 0.2) is 59.8 Å². The first-order valence-corrected chi connectivity index (χ1v) is 11.1. The molecule has 0 saturated carbocycles. The number of carbonyl (C=O) groups is 2. The Hall–Kier alpha value is -3.92. The number of rotatable bonds is 7. The maximum atomic E-state index is 12.7. The van der Waals surface area contributed by atoms with Gasteiger partial charge in [0.2, 0.25) is 11.8 Å². The van der Waals surface area contributed by atoms with E-state index in [4.69, 9.17) is 4.74 Å². The summed E-state index contributed by atoms with van der Waals surface area (Å²) in [4.78, 5) is 33.1. The van der Waals surface area contributed by atoms with Crippen LogP contribution in [-0.2, 0) is 9.59 Å². The second kappa shape index (κ2) is 9.70. The predicted molar refractivity (Wildman–Crippen MR) is 128 cm³/mol. The standard InChI is InChI=1S/C23H22N6O3S/c1-14-25-22-18(12-24-29(22)17-7-5-4-6-8-17)23(26-14)33-13-21(31)28-19-11-16(27-15(2)30)9-10-20(19)32-3/h4-12H,13H2,1-3H3,(H,27,30)(H,28,31). The smallest absolute Gasteiger partial charge is 0.234 e. The van der Waals surface area contributed by atoms with E-state index in [1.165, 1.54) is 25.8 Å². The number of aryl methyl sites for hydroxylation is 1. The first-order valence-electron chi connectivity index (χ1n) is 10.1. The third-order valence-electron chi connectivity index (χ3n) is 4.64. The molecule has 4 rings (SSSR count). The van der Waals surface area contributed by atoms with Crippen molar-refractivity contribution in [1.82, 2.24) is 19.7 Å². The van der Waals surface area contributed by atoms with Crippen LogP contribution in [0.4, 0.5) is 11.4 Å². The molecule has 0 spiro atoms. The normalized spacial score (nSPS) is 10.8. The zero-order valence-electron chi connectivity index (χ0n) is 18.3. The zero-order chi connectivity index (χ0) is 23.4. The molecule has 2 amide bonds. The SMILES string of the molecule is COc1ccc(NC(C)=O)cc1NC(=O)CSc1nc(C)nc2c1cnn2-c1ccccc1. The molecule has 2 aromatic carbocycles. The van der Waals surface area contributed by atoms with E-state index < -0.39 is 0 Å². The highest BCUT2D eigenvalue weighted by molar-refractivity contribution is 8.00. The van der Waals surface area contributed by atoms with Crippen LogP contribution >= 0.6 is 11.8 Å². The average Bonchev–Trinajstić information content (AvgIpc) is 3.21. The minimum Gasteiger partial charge on any atom is -0.495 e. The summed E-state index contributed by atoms with van der Waals surface area (Å²) in [6, 6.07) is 14.8. The quantitative estimate of drug-likeness (QED) is 0.317. The number of amides is 2. The third kappa shape index (κ3) is 5.12. The van der Waals surface area contributed by atoms with Gasteiger partial charge < -0.3 is 15.4 Å². The van der Waals surface area contributed by atoms with Crippen molar-refractivity contribution in [2.45, 2.75) is 18.9 Å². The van der Waals surface area contributed by atoms with E-state index in [0.717, 1.165) is 11.1 Å². The summed E-state index contributed by atoms with van der Waals surface area (Å²) in [6.07, 6.45) is 1.71. The van der Waals surface area contributed by atoms with Gasteiger partial charge in [0.15, 0.2) is 5.65 Å². The molecule has 0 aliphatic heterocycles. The summed E-state index contributed by atoms with van der Waals surface area (Å²) in [5.41, 5.74) is 2.61. The summed E-state index contributed by atoms with van der Waals surface area (Å²) < 4.78 is 7.08. The first-order chi connectivity index (χ1) is 15.9. The van der Waals surface area contributed by atoms with Crippen LogP contribution in [0.1, 0.15) is 12.7 Å². The Balaban J connectivity index is 1.53. The van der Waals surface area contributed by atoms with Crippen LogP contribution in [-0.4, -0.2) is 44.4 Å². The van der Waals surface area contributed by atoms with Gasteiger partial charge in [0.25, 0.3) is 0 Å². The van der Waals surface area contributed by atoms with Gasteiger partial charge in [-0.05, 0) is 37.3 Å². The van der Waals surface area contributed by atoms with Crippen LogP contribution in [0.5, 0.6) is 5.75 Å². The maximum Gasteiger partial charge on any atom is 0.234 e. The van der Waals surface area contributed by atoms with Crippen molar-refractivity contribution in [2.24, 2.45) is 0 Å². The lowest BCUT2D eigenvalue weighted by Crippen LogP contribution is -2.15. The number of hydrogen-bond donors (Lipinski definition) is 2. The third-order valence-corrected chi connectivity index (χ3v) is 5.63. The highest BCUT2D eigenvalue weighted by atomic mass is 32.2. The van der Waals surface area contributed by atoms with Crippen molar-refractivity contribution in [3.8, 4) is 11.4 Å². The van der Waals surface area contributed by atoms with Crippen LogP contribution in [0.25, 0.3) is 16.7 Å². The molecule has 10 heteroatoms. The number of para-hydroxylation sites is 1. The highest BCUT2D eigenvalue weighted by Crippen LogP contribution is 2.30. The first kappa shape index (κ1) is 22.3. The lowest BCUT2D eigenvalue weighted by Gasteiger charge is -2.12. The Morgan fingerprint density at radius 2 is 1.88 bits per heavy atom. The fourth-order valence-electron chi connectivity index (χ4n) is 3.26. The van der Waals surface area contributed by atoms with Crippen LogP contribution < -0.4 is 15.4 Å². The van der Waals surface area contributed by atoms with E-state index in [2.05, 4.69) is 25.7 Å². The van der Waals surface area contributed by atoms with Crippen molar-refractivity contribution >= 4 is 46.0 Å². The number of carbonyl (C=O) groups excluding carboxylic acids is 2. The summed E-state index contributed by atoms with van der Waals surface area (Å²) in [5.74, 6) is 0.764. The van der Waals surface area contributed by atoms with Crippen LogP contribution in [0.2, 0.25) is 0 Å². The lowest BCUT2D eigenvalue weighted by atomic mass is 10.2. The number of thioether (sulfide) groups is 1. The number of benzene rings is 2. The molecule has 2 heterocycles. The molecule has 0 radical (unpaired) electrons. The van der Waals surface area contributed by atoms with E-state index in [0.29, 0.717) is 33.6 Å². The minimum absolute atomic E-state index is 0.121. The molecule has 2 aromatic heterocycles. The Labute approximate surface area is 194 Å². The Kier molecular flexibility index (Phi) is 6.55. The number of aromatic nitrogens is 4. The minimum atomic E-state index is -0.238. The predicted octanol–water partition coefficient (Wildman–Crippen LogP) is 3.82. The summed E-state index contributed by atoms with van der Waals surface area (Å²) in [6.45, 7) is 3.23. The van der Waals surface area contributed by atoms with Gasteiger partial charge in [-0.2, -0.15) is 5.10 Å². The molecule has 0 bridgehead atoms. The summed E-state index contributed by atoms with van der Waals surface area (Å²) >= 11 is 1.30. The van der Waals surface area contributed by atoms with E-state index in [9.17, 15) is 9.59 Å². The molecular weight excluding hydrogens is 440 g/mol. The van der Waals surface area contributed by atoms with Crippen molar-refractivity contribution in [1.29, 1.82) is 0 Å². The molecule has 0 unspecified atom stereocenters. The number of nitrogens with one attached hydrogen (secondary N) is 2. The molecule has 33 heavy (non-hydrogen) atoms. The van der Waals surface area contributed by atoms with E-state index in [1.807, 2.05) is 37.3 Å². The Bertz CT molecular complexity index is 1320. The number of ether oxygens (including phenoxy) is 1. The van der Waals surface area contributed by atoms with Gasteiger partial charge in [-0.15, -0.1) is 0 Å². The van der Waals surface area contributed by atoms with Gasteiger partial charge in [-0.3, -0.25) is 9.59 Å². The lowest BCUT2D eigenvalue weighted by molar-refractivity contribution is -0.114.